The van der Waals surface area contributed by atoms with E-state index in [9.17, 15) is 10.1 Å². The number of nitrogens with zero attached hydrogens (tertiary/aromatic N) is 3. The van der Waals surface area contributed by atoms with Gasteiger partial charge in [-0.25, -0.2) is 4.98 Å². The van der Waals surface area contributed by atoms with E-state index in [2.05, 4.69) is 9.88 Å². The number of aromatic nitrogens is 1. The molecule has 0 aromatic carbocycles. The third-order valence-corrected chi connectivity index (χ3v) is 2.82. The molecule has 1 fully saturated rings. The van der Waals surface area contributed by atoms with Gasteiger partial charge in [-0.3, -0.25) is 10.1 Å². The Kier molecular flexibility index (Phi) is 3.34. The standard InChI is InChI=1S/C11H15N3O2/c15-14(16)9-10-5-4-6-12-11(10)13-7-2-1-3-8-13/h4-6H,1-3,7-9H2. The minimum absolute atomic E-state index is 0.139. The maximum absolute atomic E-state index is 10.6. The van der Waals surface area contributed by atoms with Crippen molar-refractivity contribution in [3.8, 4) is 0 Å². The van der Waals surface area contributed by atoms with Crippen LogP contribution in [0, 0.1) is 10.1 Å². The molecule has 0 unspecified atom stereocenters. The number of nitro groups is 1. The van der Waals surface area contributed by atoms with Crippen molar-refractivity contribution in [1.82, 2.24) is 4.98 Å². The van der Waals surface area contributed by atoms with Crippen LogP contribution in [0.15, 0.2) is 18.3 Å². The molecule has 0 saturated carbocycles. The van der Waals surface area contributed by atoms with Gasteiger partial charge in [0.05, 0.1) is 5.56 Å². The molecule has 0 bridgehead atoms. The van der Waals surface area contributed by atoms with Gasteiger partial charge in [0.2, 0.25) is 6.54 Å². The Morgan fingerprint density at radius 3 is 2.81 bits per heavy atom. The lowest BCUT2D eigenvalue weighted by Crippen LogP contribution is -2.31. The highest BCUT2D eigenvalue weighted by molar-refractivity contribution is 5.46. The summed E-state index contributed by atoms with van der Waals surface area (Å²) in [6.07, 6.45) is 5.24. The molecule has 1 saturated heterocycles. The van der Waals surface area contributed by atoms with Crippen LogP contribution in [-0.4, -0.2) is 23.0 Å². The lowest BCUT2D eigenvalue weighted by atomic mass is 10.1. The van der Waals surface area contributed by atoms with E-state index >= 15 is 0 Å². The first-order valence-corrected chi connectivity index (χ1v) is 5.58. The number of piperidine rings is 1. The first-order chi connectivity index (χ1) is 7.77. The third kappa shape index (κ3) is 2.48. The van der Waals surface area contributed by atoms with Gasteiger partial charge in [0.1, 0.15) is 5.82 Å². The molecular formula is C11H15N3O2. The van der Waals surface area contributed by atoms with E-state index in [-0.39, 0.29) is 11.5 Å². The summed E-state index contributed by atoms with van der Waals surface area (Å²) in [6.45, 7) is 1.78. The molecular weight excluding hydrogens is 206 g/mol. The lowest BCUT2D eigenvalue weighted by molar-refractivity contribution is -0.496. The van der Waals surface area contributed by atoms with Crippen LogP contribution in [0.4, 0.5) is 5.82 Å². The molecule has 0 atom stereocenters. The van der Waals surface area contributed by atoms with Crippen molar-refractivity contribution in [3.05, 3.63) is 34.0 Å². The van der Waals surface area contributed by atoms with Gasteiger partial charge in [0.15, 0.2) is 0 Å². The first kappa shape index (κ1) is 10.9. The number of pyridine rings is 1. The maximum atomic E-state index is 10.6. The second kappa shape index (κ2) is 4.92. The fourth-order valence-electron chi connectivity index (χ4n) is 2.08. The summed E-state index contributed by atoms with van der Waals surface area (Å²) >= 11 is 0. The molecule has 2 rings (SSSR count). The summed E-state index contributed by atoms with van der Waals surface area (Å²) in [5.41, 5.74) is 0.717. The second-order valence-electron chi connectivity index (χ2n) is 4.02. The zero-order valence-electron chi connectivity index (χ0n) is 9.13. The third-order valence-electron chi connectivity index (χ3n) is 2.82. The van der Waals surface area contributed by atoms with Crippen LogP contribution in [0.2, 0.25) is 0 Å². The number of rotatable bonds is 3. The molecule has 2 heterocycles. The van der Waals surface area contributed by atoms with E-state index in [1.54, 1.807) is 18.3 Å². The van der Waals surface area contributed by atoms with E-state index in [0.717, 1.165) is 37.3 Å². The van der Waals surface area contributed by atoms with E-state index in [1.165, 1.54) is 6.42 Å². The quantitative estimate of drug-likeness (QED) is 0.577. The molecule has 0 N–H and O–H groups in total. The molecule has 0 aliphatic carbocycles. The molecule has 86 valence electrons. The van der Waals surface area contributed by atoms with Crippen LogP contribution in [0.1, 0.15) is 24.8 Å². The fourth-order valence-corrected chi connectivity index (χ4v) is 2.08. The zero-order valence-corrected chi connectivity index (χ0v) is 9.13. The molecule has 1 aliphatic rings. The molecule has 5 heteroatoms. The number of hydrogen-bond acceptors (Lipinski definition) is 4. The van der Waals surface area contributed by atoms with Crippen molar-refractivity contribution >= 4 is 5.82 Å². The highest BCUT2D eigenvalue weighted by atomic mass is 16.6. The average Bonchev–Trinajstić information content (AvgIpc) is 2.30. The predicted molar refractivity (Wildman–Crippen MR) is 61.0 cm³/mol. The lowest BCUT2D eigenvalue weighted by Gasteiger charge is -2.28. The Bertz CT molecular complexity index is 375. The largest absolute Gasteiger partial charge is 0.356 e. The molecule has 1 aromatic heterocycles. The Labute approximate surface area is 94.2 Å². The SMILES string of the molecule is O=[N+]([O-])Cc1cccnc1N1CCCCC1. The molecule has 5 nitrogen and oxygen atoms in total. The summed E-state index contributed by atoms with van der Waals surface area (Å²) in [5, 5.41) is 10.6. The van der Waals surface area contributed by atoms with E-state index in [4.69, 9.17) is 0 Å². The Balaban J connectivity index is 2.20. The molecule has 0 amide bonds. The van der Waals surface area contributed by atoms with Crippen LogP contribution in [0.25, 0.3) is 0 Å². The van der Waals surface area contributed by atoms with Gasteiger partial charge < -0.3 is 4.90 Å². The van der Waals surface area contributed by atoms with E-state index in [1.807, 2.05) is 0 Å². The predicted octanol–water partition coefficient (Wildman–Crippen LogP) is 1.85. The summed E-state index contributed by atoms with van der Waals surface area (Å²) < 4.78 is 0. The number of hydrogen-bond donors (Lipinski definition) is 0. The van der Waals surface area contributed by atoms with Crippen molar-refractivity contribution in [2.24, 2.45) is 0 Å². The highest BCUT2D eigenvalue weighted by Crippen LogP contribution is 2.21. The van der Waals surface area contributed by atoms with Crippen molar-refractivity contribution in [3.63, 3.8) is 0 Å². The van der Waals surface area contributed by atoms with Crippen LogP contribution in [0.3, 0.4) is 0 Å². The topological polar surface area (TPSA) is 59.3 Å². The van der Waals surface area contributed by atoms with Crippen LogP contribution in [-0.2, 0) is 6.54 Å². The van der Waals surface area contributed by atoms with Gasteiger partial charge in [0, 0.05) is 24.2 Å². The van der Waals surface area contributed by atoms with E-state index < -0.39 is 0 Å². The molecule has 1 aromatic rings. The summed E-state index contributed by atoms with van der Waals surface area (Å²) in [4.78, 5) is 16.7. The smallest absolute Gasteiger partial charge is 0.232 e. The Morgan fingerprint density at radius 2 is 2.12 bits per heavy atom. The van der Waals surface area contributed by atoms with E-state index in [0.29, 0.717) is 0 Å². The Hall–Kier alpha value is -1.65. The normalized spacial score (nSPS) is 16.1. The second-order valence-corrected chi connectivity index (χ2v) is 4.02. The van der Waals surface area contributed by atoms with Crippen molar-refractivity contribution in [2.75, 3.05) is 18.0 Å². The van der Waals surface area contributed by atoms with Crippen LogP contribution in [0.5, 0.6) is 0 Å². The summed E-state index contributed by atoms with van der Waals surface area (Å²) in [7, 11) is 0. The molecule has 0 radical (unpaired) electrons. The monoisotopic (exact) mass is 221 g/mol. The van der Waals surface area contributed by atoms with Crippen LogP contribution < -0.4 is 4.90 Å². The molecule has 1 aliphatic heterocycles. The fraction of sp³-hybridized carbons (Fsp3) is 0.545. The Morgan fingerprint density at radius 1 is 1.38 bits per heavy atom. The minimum atomic E-state index is -0.301. The van der Waals surface area contributed by atoms with Gasteiger partial charge in [-0.05, 0) is 31.4 Å². The number of anilines is 1. The van der Waals surface area contributed by atoms with Gasteiger partial charge in [-0.15, -0.1) is 0 Å². The van der Waals surface area contributed by atoms with Gasteiger partial charge >= 0.3 is 0 Å². The zero-order chi connectivity index (χ0) is 11.4. The average molecular weight is 221 g/mol. The minimum Gasteiger partial charge on any atom is -0.356 e. The van der Waals surface area contributed by atoms with Gasteiger partial charge in [0.25, 0.3) is 0 Å². The van der Waals surface area contributed by atoms with Gasteiger partial charge in [-0.2, -0.15) is 0 Å². The summed E-state index contributed by atoms with van der Waals surface area (Å²) in [5.74, 6) is 0.791. The van der Waals surface area contributed by atoms with Crippen molar-refractivity contribution in [2.45, 2.75) is 25.8 Å². The first-order valence-electron chi connectivity index (χ1n) is 5.58. The summed E-state index contributed by atoms with van der Waals surface area (Å²) in [6, 6.07) is 3.55. The maximum Gasteiger partial charge on any atom is 0.232 e. The van der Waals surface area contributed by atoms with Crippen molar-refractivity contribution < 1.29 is 4.92 Å². The highest BCUT2D eigenvalue weighted by Gasteiger charge is 2.17. The van der Waals surface area contributed by atoms with Gasteiger partial charge in [-0.1, -0.05) is 0 Å². The molecule has 0 spiro atoms. The molecule has 16 heavy (non-hydrogen) atoms. The van der Waals surface area contributed by atoms with Crippen molar-refractivity contribution in [1.29, 1.82) is 0 Å². The van der Waals surface area contributed by atoms with Crippen LogP contribution >= 0.6 is 0 Å².